The van der Waals surface area contributed by atoms with Gasteiger partial charge in [-0.3, -0.25) is 4.98 Å². The lowest BCUT2D eigenvalue weighted by Gasteiger charge is -2.24. The van der Waals surface area contributed by atoms with Crippen molar-refractivity contribution in [2.45, 2.75) is 60.9 Å². The van der Waals surface area contributed by atoms with E-state index < -0.39 is 0 Å². The monoisotopic (exact) mass is 474 g/mol. The molecule has 1 N–H and O–H groups in total. The molecule has 3 heteroatoms. The number of nitrogens with zero attached hydrogens (tertiary/aromatic N) is 1. The first-order chi connectivity index (χ1) is 16.8. The lowest BCUT2D eigenvalue weighted by molar-refractivity contribution is 0.562. The molecule has 0 radical (unpaired) electrons. The van der Waals surface area contributed by atoms with Gasteiger partial charge in [-0.25, -0.2) is 4.39 Å². The highest BCUT2D eigenvalue weighted by Crippen LogP contribution is 2.26. The summed E-state index contributed by atoms with van der Waals surface area (Å²) in [4.78, 5) is 4.95. The van der Waals surface area contributed by atoms with Gasteiger partial charge in [0.25, 0.3) is 0 Å². The molecule has 0 aliphatic rings. The second kappa shape index (κ2) is 16.4. The normalized spacial score (nSPS) is 11.7. The number of rotatable bonds is 8. The molecule has 1 aromatic heterocycles. The molecule has 1 unspecified atom stereocenters. The van der Waals surface area contributed by atoms with Crippen molar-refractivity contribution in [3.8, 4) is 11.3 Å². The second-order valence-electron chi connectivity index (χ2n) is 8.88. The van der Waals surface area contributed by atoms with Gasteiger partial charge in [0.15, 0.2) is 0 Å². The third-order valence-corrected chi connectivity index (χ3v) is 4.83. The van der Waals surface area contributed by atoms with Crippen LogP contribution in [-0.2, 0) is 0 Å². The smallest absolute Gasteiger partial charge is 0.123 e. The molecule has 1 atom stereocenters. The zero-order chi connectivity index (χ0) is 26.2. The van der Waals surface area contributed by atoms with Crippen molar-refractivity contribution >= 4 is 0 Å². The third kappa shape index (κ3) is 10.7. The van der Waals surface area contributed by atoms with E-state index in [4.69, 9.17) is 4.98 Å². The summed E-state index contributed by atoms with van der Waals surface area (Å²) < 4.78 is 13.3. The van der Waals surface area contributed by atoms with Gasteiger partial charge in [0.2, 0.25) is 0 Å². The topological polar surface area (TPSA) is 24.9 Å². The lowest BCUT2D eigenvalue weighted by Crippen LogP contribution is -2.24. The molecule has 35 heavy (non-hydrogen) atoms. The SMILES string of the molecule is C=CC.CC.CC(C)/C=C(/CC(C)C)NC(c1ccccc1)c1cccc(-c2ccc(F)cc2)n1. The van der Waals surface area contributed by atoms with E-state index in [9.17, 15) is 4.39 Å². The zero-order valence-corrected chi connectivity index (χ0v) is 22.6. The molecular formula is C32H43FN2. The van der Waals surface area contributed by atoms with E-state index in [1.165, 1.54) is 23.4 Å². The fourth-order valence-corrected chi connectivity index (χ4v) is 3.57. The van der Waals surface area contributed by atoms with Gasteiger partial charge in [0.05, 0.1) is 17.4 Å². The van der Waals surface area contributed by atoms with Crippen LogP contribution in [0.1, 0.15) is 72.2 Å². The minimum atomic E-state index is -0.240. The summed E-state index contributed by atoms with van der Waals surface area (Å²) in [6.45, 7) is 18.1. The molecule has 2 nitrogen and oxygen atoms in total. The van der Waals surface area contributed by atoms with Gasteiger partial charge in [-0.15, -0.1) is 6.58 Å². The van der Waals surface area contributed by atoms with E-state index in [1.54, 1.807) is 18.2 Å². The van der Waals surface area contributed by atoms with Gasteiger partial charge in [-0.05, 0) is 67.1 Å². The van der Waals surface area contributed by atoms with Crippen LogP contribution in [0.5, 0.6) is 0 Å². The molecule has 3 aromatic rings. The van der Waals surface area contributed by atoms with Crippen molar-refractivity contribution in [3.05, 3.63) is 114 Å². The fourth-order valence-electron chi connectivity index (χ4n) is 3.57. The predicted molar refractivity (Wildman–Crippen MR) is 151 cm³/mol. The molecule has 0 spiro atoms. The quantitative estimate of drug-likeness (QED) is 0.329. The van der Waals surface area contributed by atoms with Gasteiger partial charge in [0, 0.05) is 11.3 Å². The third-order valence-electron chi connectivity index (χ3n) is 4.83. The summed E-state index contributed by atoms with van der Waals surface area (Å²) in [7, 11) is 0. The minimum Gasteiger partial charge on any atom is -0.376 e. The predicted octanol–water partition coefficient (Wildman–Crippen LogP) is 9.37. The number of benzene rings is 2. The van der Waals surface area contributed by atoms with E-state index in [1.807, 2.05) is 39.0 Å². The number of nitrogens with one attached hydrogen (secondary N) is 1. The van der Waals surface area contributed by atoms with Crippen LogP contribution in [-0.4, -0.2) is 4.98 Å². The van der Waals surface area contributed by atoms with Crippen LogP contribution in [0.3, 0.4) is 0 Å². The minimum absolute atomic E-state index is 0.0599. The maximum atomic E-state index is 13.3. The summed E-state index contributed by atoms with van der Waals surface area (Å²) in [5.41, 5.74) is 5.10. The molecule has 3 rings (SSSR count). The molecule has 0 saturated carbocycles. The van der Waals surface area contributed by atoms with Gasteiger partial charge in [0.1, 0.15) is 5.82 Å². The summed E-state index contributed by atoms with van der Waals surface area (Å²) in [6, 6.07) is 22.9. The van der Waals surface area contributed by atoms with Crippen molar-refractivity contribution in [1.82, 2.24) is 10.3 Å². The fraction of sp³-hybridized carbons (Fsp3) is 0.344. The van der Waals surface area contributed by atoms with Crippen molar-refractivity contribution in [3.63, 3.8) is 0 Å². The molecule has 0 aliphatic carbocycles. The van der Waals surface area contributed by atoms with E-state index >= 15 is 0 Å². The number of aromatic nitrogens is 1. The Morgan fingerprint density at radius 2 is 1.51 bits per heavy atom. The van der Waals surface area contributed by atoms with Gasteiger partial charge >= 0.3 is 0 Å². The Labute approximate surface area is 213 Å². The number of hydrogen-bond acceptors (Lipinski definition) is 2. The zero-order valence-electron chi connectivity index (χ0n) is 22.6. The number of hydrogen-bond donors (Lipinski definition) is 1. The Kier molecular flexibility index (Phi) is 14.0. The van der Waals surface area contributed by atoms with Crippen LogP contribution >= 0.6 is 0 Å². The molecule has 0 fully saturated rings. The highest BCUT2D eigenvalue weighted by Gasteiger charge is 2.18. The molecule has 188 valence electrons. The summed E-state index contributed by atoms with van der Waals surface area (Å²) in [6.07, 6.45) is 5.04. The van der Waals surface area contributed by atoms with E-state index in [0.29, 0.717) is 11.8 Å². The highest BCUT2D eigenvalue weighted by molar-refractivity contribution is 5.59. The lowest BCUT2D eigenvalue weighted by atomic mass is 9.99. The van der Waals surface area contributed by atoms with Crippen molar-refractivity contribution in [2.75, 3.05) is 0 Å². The van der Waals surface area contributed by atoms with E-state index in [2.05, 4.69) is 76.0 Å². The maximum absolute atomic E-state index is 13.3. The van der Waals surface area contributed by atoms with Crippen LogP contribution < -0.4 is 5.32 Å². The van der Waals surface area contributed by atoms with Crippen molar-refractivity contribution in [2.24, 2.45) is 11.8 Å². The molecule has 1 heterocycles. The Balaban J connectivity index is 0.00000114. The number of halogens is 1. The standard InChI is InChI=1S/C27H31FN2.C3H6.C2H6/c1-19(2)17-24(18-20(3)4)29-27(22-9-6-5-7-10-22)26-12-8-11-25(30-26)21-13-15-23(28)16-14-21;1-3-2;1-2/h5-17,19-20,27,29H,18H2,1-4H3;3H,1H2,2H3;1-2H3/b24-17-;;. The van der Waals surface area contributed by atoms with Crippen LogP contribution in [0.25, 0.3) is 11.3 Å². The summed E-state index contributed by atoms with van der Waals surface area (Å²) in [5, 5.41) is 3.78. The first-order valence-corrected chi connectivity index (χ1v) is 12.7. The molecule has 0 bridgehead atoms. The Morgan fingerprint density at radius 1 is 0.914 bits per heavy atom. The van der Waals surface area contributed by atoms with Gasteiger partial charge in [-0.1, -0.05) is 90.1 Å². The second-order valence-corrected chi connectivity index (χ2v) is 8.88. The van der Waals surface area contributed by atoms with Crippen LogP contribution in [0.4, 0.5) is 4.39 Å². The maximum Gasteiger partial charge on any atom is 0.123 e. The molecule has 0 saturated heterocycles. The number of pyridine rings is 1. The van der Waals surface area contributed by atoms with E-state index in [0.717, 1.165) is 23.4 Å². The highest BCUT2D eigenvalue weighted by atomic mass is 19.1. The molecule has 0 amide bonds. The van der Waals surface area contributed by atoms with E-state index in [-0.39, 0.29) is 11.9 Å². The average Bonchev–Trinajstić information content (AvgIpc) is 2.84. The van der Waals surface area contributed by atoms with Crippen molar-refractivity contribution in [1.29, 1.82) is 0 Å². The Bertz CT molecular complexity index is 1010. The van der Waals surface area contributed by atoms with Crippen LogP contribution in [0.15, 0.2) is 97.2 Å². The van der Waals surface area contributed by atoms with Crippen LogP contribution in [0, 0.1) is 17.7 Å². The molecule has 0 aliphatic heterocycles. The largest absolute Gasteiger partial charge is 0.376 e. The van der Waals surface area contributed by atoms with Gasteiger partial charge in [-0.2, -0.15) is 0 Å². The number of allylic oxidation sites excluding steroid dienone is 3. The van der Waals surface area contributed by atoms with Crippen LogP contribution in [0.2, 0.25) is 0 Å². The Morgan fingerprint density at radius 3 is 2.06 bits per heavy atom. The van der Waals surface area contributed by atoms with Gasteiger partial charge < -0.3 is 5.32 Å². The molecule has 2 aromatic carbocycles. The molecular weight excluding hydrogens is 431 g/mol. The Hall–Kier alpha value is -3.20. The average molecular weight is 475 g/mol. The summed E-state index contributed by atoms with van der Waals surface area (Å²) in [5.74, 6) is 0.773. The first-order valence-electron chi connectivity index (χ1n) is 12.7. The first kappa shape index (κ1) is 29.8. The van der Waals surface area contributed by atoms with Crippen molar-refractivity contribution < 1.29 is 4.39 Å². The summed E-state index contributed by atoms with van der Waals surface area (Å²) >= 11 is 0.